The first kappa shape index (κ1) is 12.3. The predicted molar refractivity (Wildman–Crippen MR) is 71.7 cm³/mol. The number of hydrogen-bond donors (Lipinski definition) is 1. The molecule has 88 valence electrons. The summed E-state index contributed by atoms with van der Waals surface area (Å²) in [6, 6.07) is 12.1. The van der Waals surface area contributed by atoms with E-state index in [1.807, 2.05) is 30.5 Å². The second-order valence-corrected chi connectivity index (χ2v) is 4.86. The van der Waals surface area contributed by atoms with Crippen LogP contribution in [0.5, 0.6) is 0 Å². The number of aromatic nitrogens is 1. The van der Waals surface area contributed by atoms with Crippen LogP contribution in [-0.2, 0) is 19.4 Å². The van der Waals surface area contributed by atoms with Gasteiger partial charge >= 0.3 is 0 Å². The number of aryl methyl sites for hydroxylation is 2. The SMILES string of the molecule is OCc1ccc(CCc2ccc(Br)cn2)cc1. The summed E-state index contributed by atoms with van der Waals surface area (Å²) in [5.41, 5.74) is 3.32. The molecule has 0 spiro atoms. The van der Waals surface area contributed by atoms with E-state index < -0.39 is 0 Å². The standard InChI is InChI=1S/C14H14BrNO/c15-13-6-8-14(16-9-13)7-5-11-1-3-12(10-17)4-2-11/h1-4,6,8-9,17H,5,7,10H2. The van der Waals surface area contributed by atoms with Gasteiger partial charge in [-0.05, 0) is 52.0 Å². The Hall–Kier alpha value is -1.19. The Morgan fingerprint density at radius 1 is 0.941 bits per heavy atom. The second kappa shape index (κ2) is 5.94. The Labute approximate surface area is 109 Å². The van der Waals surface area contributed by atoms with E-state index in [4.69, 9.17) is 5.11 Å². The Morgan fingerprint density at radius 3 is 2.24 bits per heavy atom. The van der Waals surface area contributed by atoms with Gasteiger partial charge in [0.2, 0.25) is 0 Å². The highest BCUT2D eigenvalue weighted by Crippen LogP contribution is 2.11. The molecule has 2 rings (SSSR count). The van der Waals surface area contributed by atoms with Crippen LogP contribution in [0.1, 0.15) is 16.8 Å². The van der Waals surface area contributed by atoms with Crippen LogP contribution < -0.4 is 0 Å². The Kier molecular flexibility index (Phi) is 4.29. The van der Waals surface area contributed by atoms with Crippen molar-refractivity contribution >= 4 is 15.9 Å². The van der Waals surface area contributed by atoms with Gasteiger partial charge in [0, 0.05) is 16.4 Å². The average molecular weight is 292 g/mol. The van der Waals surface area contributed by atoms with Crippen LogP contribution in [0.25, 0.3) is 0 Å². The lowest BCUT2D eigenvalue weighted by Crippen LogP contribution is -1.94. The number of hydrogen-bond acceptors (Lipinski definition) is 2. The van der Waals surface area contributed by atoms with Crippen LogP contribution in [-0.4, -0.2) is 10.1 Å². The fourth-order valence-electron chi connectivity index (χ4n) is 1.64. The summed E-state index contributed by atoms with van der Waals surface area (Å²) in [4.78, 5) is 4.34. The highest BCUT2D eigenvalue weighted by molar-refractivity contribution is 9.10. The van der Waals surface area contributed by atoms with Gasteiger partial charge < -0.3 is 5.11 Å². The topological polar surface area (TPSA) is 33.1 Å². The second-order valence-electron chi connectivity index (χ2n) is 3.94. The number of rotatable bonds is 4. The van der Waals surface area contributed by atoms with E-state index in [0.29, 0.717) is 0 Å². The van der Waals surface area contributed by atoms with E-state index in [0.717, 1.165) is 28.6 Å². The van der Waals surface area contributed by atoms with E-state index >= 15 is 0 Å². The molecule has 0 atom stereocenters. The molecule has 0 aliphatic rings. The van der Waals surface area contributed by atoms with Gasteiger partial charge in [-0.25, -0.2) is 0 Å². The van der Waals surface area contributed by atoms with Crippen LogP contribution in [0.2, 0.25) is 0 Å². The maximum Gasteiger partial charge on any atom is 0.0681 e. The summed E-state index contributed by atoms with van der Waals surface area (Å²) in [6.45, 7) is 0.106. The van der Waals surface area contributed by atoms with Crippen LogP contribution in [0, 0.1) is 0 Å². The molecule has 0 saturated heterocycles. The molecule has 3 heteroatoms. The molecular weight excluding hydrogens is 278 g/mol. The Balaban J connectivity index is 1.95. The van der Waals surface area contributed by atoms with Gasteiger partial charge in [0.05, 0.1) is 6.61 Å². The number of nitrogens with zero attached hydrogens (tertiary/aromatic N) is 1. The number of halogens is 1. The quantitative estimate of drug-likeness (QED) is 0.939. The molecule has 2 aromatic rings. The molecule has 0 fully saturated rings. The van der Waals surface area contributed by atoms with Crippen molar-refractivity contribution in [3.63, 3.8) is 0 Å². The Bertz CT molecular complexity index is 465. The number of benzene rings is 1. The first-order valence-corrected chi connectivity index (χ1v) is 6.36. The van der Waals surface area contributed by atoms with Crippen molar-refractivity contribution in [2.24, 2.45) is 0 Å². The first-order valence-electron chi connectivity index (χ1n) is 5.57. The third kappa shape index (κ3) is 3.65. The molecular formula is C14H14BrNO. The lowest BCUT2D eigenvalue weighted by atomic mass is 10.1. The van der Waals surface area contributed by atoms with E-state index in [9.17, 15) is 0 Å². The zero-order valence-electron chi connectivity index (χ0n) is 9.44. The van der Waals surface area contributed by atoms with E-state index in [1.54, 1.807) is 0 Å². The largest absolute Gasteiger partial charge is 0.392 e. The van der Waals surface area contributed by atoms with Gasteiger partial charge in [0.1, 0.15) is 0 Å². The highest BCUT2D eigenvalue weighted by Gasteiger charge is 1.98. The molecule has 0 amide bonds. The van der Waals surface area contributed by atoms with Crippen molar-refractivity contribution in [1.82, 2.24) is 4.98 Å². The molecule has 1 heterocycles. The summed E-state index contributed by atoms with van der Waals surface area (Å²) in [5, 5.41) is 8.95. The minimum atomic E-state index is 0.106. The first-order chi connectivity index (χ1) is 8.28. The summed E-state index contributed by atoms with van der Waals surface area (Å²) in [5.74, 6) is 0. The van der Waals surface area contributed by atoms with Crippen molar-refractivity contribution in [1.29, 1.82) is 0 Å². The zero-order valence-corrected chi connectivity index (χ0v) is 11.0. The molecule has 0 aliphatic heterocycles. The fourth-order valence-corrected chi connectivity index (χ4v) is 1.87. The van der Waals surface area contributed by atoms with Gasteiger partial charge in [-0.3, -0.25) is 4.98 Å². The minimum absolute atomic E-state index is 0.106. The van der Waals surface area contributed by atoms with Crippen LogP contribution in [0.3, 0.4) is 0 Å². The molecule has 17 heavy (non-hydrogen) atoms. The Morgan fingerprint density at radius 2 is 1.65 bits per heavy atom. The van der Waals surface area contributed by atoms with Gasteiger partial charge in [0.25, 0.3) is 0 Å². The molecule has 0 radical (unpaired) electrons. The third-order valence-electron chi connectivity index (χ3n) is 2.66. The lowest BCUT2D eigenvalue weighted by molar-refractivity contribution is 0.282. The van der Waals surface area contributed by atoms with Crippen LogP contribution in [0.4, 0.5) is 0 Å². The van der Waals surface area contributed by atoms with Gasteiger partial charge in [-0.1, -0.05) is 24.3 Å². The van der Waals surface area contributed by atoms with Gasteiger partial charge in [-0.15, -0.1) is 0 Å². The molecule has 0 saturated carbocycles. The summed E-state index contributed by atoms with van der Waals surface area (Å²) >= 11 is 3.37. The summed E-state index contributed by atoms with van der Waals surface area (Å²) in [7, 11) is 0. The highest BCUT2D eigenvalue weighted by atomic mass is 79.9. The average Bonchev–Trinajstić information content (AvgIpc) is 2.39. The summed E-state index contributed by atoms with van der Waals surface area (Å²) in [6.07, 6.45) is 3.73. The number of aliphatic hydroxyl groups is 1. The monoisotopic (exact) mass is 291 g/mol. The van der Waals surface area contributed by atoms with Crippen LogP contribution >= 0.6 is 15.9 Å². The molecule has 1 aromatic heterocycles. The summed E-state index contributed by atoms with van der Waals surface area (Å²) < 4.78 is 1.01. The molecule has 0 bridgehead atoms. The van der Waals surface area contributed by atoms with E-state index in [1.165, 1.54) is 5.56 Å². The van der Waals surface area contributed by atoms with Crippen LogP contribution in [0.15, 0.2) is 47.1 Å². The van der Waals surface area contributed by atoms with Gasteiger partial charge in [0.15, 0.2) is 0 Å². The number of pyridine rings is 1. The van der Waals surface area contributed by atoms with Crippen molar-refractivity contribution in [2.75, 3.05) is 0 Å². The molecule has 0 unspecified atom stereocenters. The van der Waals surface area contributed by atoms with Crippen molar-refractivity contribution in [2.45, 2.75) is 19.4 Å². The van der Waals surface area contributed by atoms with Crippen molar-refractivity contribution in [3.05, 3.63) is 63.9 Å². The maximum atomic E-state index is 8.95. The van der Waals surface area contributed by atoms with Crippen molar-refractivity contribution < 1.29 is 5.11 Å². The van der Waals surface area contributed by atoms with E-state index in [-0.39, 0.29) is 6.61 Å². The van der Waals surface area contributed by atoms with Crippen molar-refractivity contribution in [3.8, 4) is 0 Å². The molecule has 0 aliphatic carbocycles. The maximum absolute atomic E-state index is 8.95. The normalized spacial score (nSPS) is 10.5. The molecule has 1 aromatic carbocycles. The fraction of sp³-hybridized carbons (Fsp3) is 0.214. The predicted octanol–water partition coefficient (Wildman–Crippen LogP) is 3.12. The van der Waals surface area contributed by atoms with Gasteiger partial charge in [-0.2, -0.15) is 0 Å². The van der Waals surface area contributed by atoms with E-state index in [2.05, 4.69) is 33.0 Å². The third-order valence-corrected chi connectivity index (χ3v) is 3.13. The zero-order chi connectivity index (χ0) is 12.1. The minimum Gasteiger partial charge on any atom is -0.392 e. The smallest absolute Gasteiger partial charge is 0.0681 e. The lowest BCUT2D eigenvalue weighted by Gasteiger charge is -2.03. The molecule has 2 nitrogen and oxygen atoms in total. The molecule has 1 N–H and O–H groups in total. The number of aliphatic hydroxyl groups excluding tert-OH is 1.